The predicted octanol–water partition coefficient (Wildman–Crippen LogP) is 2.96. The molecular formula is C23H30N4O2. The Kier molecular flexibility index (Phi) is 6.02. The summed E-state index contributed by atoms with van der Waals surface area (Å²) in [5.74, 6) is 0. The van der Waals surface area contributed by atoms with Gasteiger partial charge in [-0.05, 0) is 54.6 Å². The average Bonchev–Trinajstić information content (AvgIpc) is 3.33. The van der Waals surface area contributed by atoms with Crippen LogP contribution in [-0.2, 0) is 19.5 Å². The number of nitrogens with zero attached hydrogens (tertiary/aromatic N) is 2. The number of carbonyl (C=O) groups excluding carboxylic acids is 1. The Hall–Kier alpha value is -2.57. The molecule has 154 valence electrons. The molecule has 6 heteroatoms. The Morgan fingerprint density at radius 1 is 1.17 bits per heavy atom. The highest BCUT2D eigenvalue weighted by atomic mass is 16.3. The Bertz CT molecular complexity index is 870. The molecule has 2 aliphatic heterocycles. The quantitative estimate of drug-likeness (QED) is 0.705. The molecule has 0 aliphatic carbocycles. The molecule has 2 aromatic carbocycles. The number of likely N-dealkylation sites (tertiary alicyclic amines) is 1. The first kappa shape index (κ1) is 19.7. The van der Waals surface area contributed by atoms with E-state index >= 15 is 0 Å². The van der Waals surface area contributed by atoms with Gasteiger partial charge in [0.2, 0.25) is 0 Å². The van der Waals surface area contributed by atoms with Gasteiger partial charge in [-0.2, -0.15) is 0 Å². The van der Waals surface area contributed by atoms with Crippen molar-refractivity contribution in [1.82, 2.24) is 10.2 Å². The number of amides is 2. The van der Waals surface area contributed by atoms with Crippen LogP contribution in [-0.4, -0.2) is 48.8 Å². The van der Waals surface area contributed by atoms with Gasteiger partial charge < -0.3 is 20.6 Å². The van der Waals surface area contributed by atoms with Gasteiger partial charge >= 0.3 is 6.03 Å². The first-order valence-electron chi connectivity index (χ1n) is 10.4. The van der Waals surface area contributed by atoms with Crippen LogP contribution in [0.5, 0.6) is 0 Å². The smallest absolute Gasteiger partial charge is 0.319 e. The van der Waals surface area contributed by atoms with Crippen LogP contribution in [0.4, 0.5) is 16.2 Å². The summed E-state index contributed by atoms with van der Waals surface area (Å²) >= 11 is 0. The van der Waals surface area contributed by atoms with Crippen molar-refractivity contribution >= 4 is 17.4 Å². The summed E-state index contributed by atoms with van der Waals surface area (Å²) < 4.78 is 0. The molecule has 1 unspecified atom stereocenters. The summed E-state index contributed by atoms with van der Waals surface area (Å²) in [5.41, 5.74) is 5.64. The summed E-state index contributed by atoms with van der Waals surface area (Å²) in [4.78, 5) is 17.0. The molecule has 2 amide bonds. The predicted molar refractivity (Wildman–Crippen MR) is 116 cm³/mol. The van der Waals surface area contributed by atoms with Gasteiger partial charge in [0.05, 0.1) is 6.61 Å². The summed E-state index contributed by atoms with van der Waals surface area (Å²) in [7, 11) is 2.08. The van der Waals surface area contributed by atoms with Gasteiger partial charge in [0, 0.05) is 44.1 Å². The number of carbonyl (C=O) groups is 1. The molecule has 0 radical (unpaired) electrons. The monoisotopic (exact) mass is 394 g/mol. The van der Waals surface area contributed by atoms with Crippen molar-refractivity contribution < 1.29 is 9.90 Å². The van der Waals surface area contributed by atoms with Crippen LogP contribution < -0.4 is 15.5 Å². The molecular weight excluding hydrogens is 364 g/mol. The van der Waals surface area contributed by atoms with E-state index in [0.29, 0.717) is 6.54 Å². The van der Waals surface area contributed by atoms with Crippen LogP contribution >= 0.6 is 0 Å². The molecule has 1 atom stereocenters. The standard InChI is InChI=1S/C23H30N4O2/c1-26-12-10-17-8-9-20(13-22(17)26)25-23(29)24-14-18-5-2-3-6-19(18)15-27-11-4-7-21(27)16-28/h2-3,5-6,8-9,13,21,28H,4,7,10-12,14-16H2,1H3,(H2,24,25,29). The zero-order valence-electron chi connectivity index (χ0n) is 17.0. The lowest BCUT2D eigenvalue weighted by Crippen LogP contribution is -2.33. The van der Waals surface area contributed by atoms with E-state index < -0.39 is 0 Å². The number of rotatable bonds is 6. The Labute approximate surface area is 172 Å². The number of benzene rings is 2. The minimum atomic E-state index is -0.199. The number of likely N-dealkylation sites (N-methyl/N-ethyl adjacent to an activating group) is 1. The fraction of sp³-hybridized carbons (Fsp3) is 0.435. The van der Waals surface area contributed by atoms with Crippen LogP contribution in [0.2, 0.25) is 0 Å². The molecule has 2 aliphatic rings. The van der Waals surface area contributed by atoms with Crippen molar-refractivity contribution in [3.8, 4) is 0 Å². The van der Waals surface area contributed by atoms with E-state index in [4.69, 9.17) is 0 Å². The minimum absolute atomic E-state index is 0.199. The highest BCUT2D eigenvalue weighted by molar-refractivity contribution is 5.90. The van der Waals surface area contributed by atoms with E-state index in [-0.39, 0.29) is 18.7 Å². The van der Waals surface area contributed by atoms with Crippen LogP contribution in [0.3, 0.4) is 0 Å². The highest BCUT2D eigenvalue weighted by Gasteiger charge is 2.24. The van der Waals surface area contributed by atoms with E-state index in [9.17, 15) is 9.90 Å². The number of aliphatic hydroxyl groups excluding tert-OH is 1. The lowest BCUT2D eigenvalue weighted by Gasteiger charge is -2.24. The van der Waals surface area contributed by atoms with Crippen molar-refractivity contribution in [2.45, 2.75) is 38.4 Å². The third-order valence-electron chi connectivity index (χ3n) is 6.11. The third-order valence-corrected chi connectivity index (χ3v) is 6.11. The molecule has 2 aromatic rings. The number of aliphatic hydroxyl groups is 1. The fourth-order valence-corrected chi connectivity index (χ4v) is 4.38. The number of nitrogens with one attached hydrogen (secondary N) is 2. The van der Waals surface area contributed by atoms with E-state index in [2.05, 4.69) is 45.7 Å². The second-order valence-electron chi connectivity index (χ2n) is 8.04. The summed E-state index contributed by atoms with van der Waals surface area (Å²) in [5, 5.41) is 15.5. The van der Waals surface area contributed by atoms with Crippen molar-refractivity contribution in [3.63, 3.8) is 0 Å². The molecule has 0 aromatic heterocycles. The van der Waals surface area contributed by atoms with E-state index in [1.54, 1.807) is 0 Å². The molecule has 1 saturated heterocycles. The lowest BCUT2D eigenvalue weighted by atomic mass is 10.1. The summed E-state index contributed by atoms with van der Waals surface area (Å²) in [6.07, 6.45) is 3.24. The molecule has 6 nitrogen and oxygen atoms in total. The topological polar surface area (TPSA) is 67.8 Å². The molecule has 0 bridgehead atoms. The molecule has 1 fully saturated rings. The second-order valence-corrected chi connectivity index (χ2v) is 8.04. The number of hydrogen-bond acceptors (Lipinski definition) is 4. The molecule has 4 rings (SSSR count). The maximum atomic E-state index is 12.4. The van der Waals surface area contributed by atoms with Crippen molar-refractivity contribution in [2.24, 2.45) is 0 Å². The van der Waals surface area contributed by atoms with Crippen molar-refractivity contribution in [3.05, 3.63) is 59.2 Å². The van der Waals surface area contributed by atoms with Gasteiger partial charge in [0.15, 0.2) is 0 Å². The second kappa shape index (κ2) is 8.84. The molecule has 0 spiro atoms. The lowest BCUT2D eigenvalue weighted by molar-refractivity contribution is 0.153. The normalized spacial score (nSPS) is 18.7. The Morgan fingerprint density at radius 2 is 2.00 bits per heavy atom. The van der Waals surface area contributed by atoms with Gasteiger partial charge in [-0.3, -0.25) is 4.90 Å². The first-order chi connectivity index (χ1) is 14.1. The highest BCUT2D eigenvalue weighted by Crippen LogP contribution is 2.29. The van der Waals surface area contributed by atoms with E-state index in [0.717, 1.165) is 50.1 Å². The van der Waals surface area contributed by atoms with Crippen molar-refractivity contribution in [2.75, 3.05) is 37.0 Å². The molecule has 29 heavy (non-hydrogen) atoms. The fourth-order valence-electron chi connectivity index (χ4n) is 4.38. The van der Waals surface area contributed by atoms with Crippen LogP contribution in [0.1, 0.15) is 29.5 Å². The van der Waals surface area contributed by atoms with Crippen molar-refractivity contribution in [1.29, 1.82) is 0 Å². The van der Waals surface area contributed by atoms with Crippen LogP contribution in [0, 0.1) is 0 Å². The molecule has 2 heterocycles. The van der Waals surface area contributed by atoms with Gasteiger partial charge in [0.25, 0.3) is 0 Å². The average molecular weight is 395 g/mol. The third kappa shape index (κ3) is 4.54. The van der Waals surface area contributed by atoms with Crippen LogP contribution in [0.15, 0.2) is 42.5 Å². The Balaban J connectivity index is 1.36. The minimum Gasteiger partial charge on any atom is -0.395 e. The zero-order valence-corrected chi connectivity index (χ0v) is 17.0. The number of hydrogen-bond donors (Lipinski definition) is 3. The van der Waals surface area contributed by atoms with E-state index in [1.165, 1.54) is 16.8 Å². The largest absolute Gasteiger partial charge is 0.395 e. The molecule has 3 N–H and O–H groups in total. The van der Waals surface area contributed by atoms with Crippen LogP contribution in [0.25, 0.3) is 0 Å². The summed E-state index contributed by atoms with van der Waals surface area (Å²) in [6.45, 7) is 3.53. The van der Waals surface area contributed by atoms with Gasteiger partial charge in [-0.15, -0.1) is 0 Å². The van der Waals surface area contributed by atoms with Gasteiger partial charge in [0.1, 0.15) is 0 Å². The first-order valence-corrected chi connectivity index (χ1v) is 10.4. The van der Waals surface area contributed by atoms with Gasteiger partial charge in [-0.1, -0.05) is 30.3 Å². The number of urea groups is 1. The van der Waals surface area contributed by atoms with Gasteiger partial charge in [-0.25, -0.2) is 4.79 Å². The van der Waals surface area contributed by atoms with E-state index in [1.807, 2.05) is 24.3 Å². The maximum absolute atomic E-state index is 12.4. The maximum Gasteiger partial charge on any atom is 0.319 e. The zero-order chi connectivity index (χ0) is 20.2. The molecule has 0 saturated carbocycles. The summed E-state index contributed by atoms with van der Waals surface area (Å²) in [6, 6.07) is 14.4. The Morgan fingerprint density at radius 3 is 2.83 bits per heavy atom. The SMILES string of the molecule is CN1CCc2ccc(NC(=O)NCc3ccccc3CN3CCCC3CO)cc21. The number of fused-ring (bicyclic) bond motifs is 1. The number of anilines is 2.